The number of benzene rings is 9. The molecule has 0 atom stereocenters. The molecule has 0 fully saturated rings. The van der Waals surface area contributed by atoms with E-state index in [-0.39, 0.29) is 5.41 Å². The Hall–Kier alpha value is -8.20. The Labute approximate surface area is 386 Å². The van der Waals surface area contributed by atoms with Crippen molar-refractivity contribution < 1.29 is 0 Å². The Balaban J connectivity index is 1.09. The maximum absolute atomic E-state index is 4.17. The van der Waals surface area contributed by atoms with E-state index in [1.54, 1.807) is 0 Å². The molecular weight excluding hydrogens is 797 g/mol. The van der Waals surface area contributed by atoms with E-state index in [0.29, 0.717) is 0 Å². The predicted molar refractivity (Wildman–Crippen MR) is 277 cm³/mol. The molecule has 66 heavy (non-hydrogen) atoms. The first-order valence-electron chi connectivity index (χ1n) is 23.1. The van der Waals surface area contributed by atoms with Gasteiger partial charge in [-0.05, 0) is 115 Å². The summed E-state index contributed by atoms with van der Waals surface area (Å²) in [6.07, 6.45) is 6.30. The third-order valence-corrected chi connectivity index (χ3v) is 14.8. The Kier molecular flexibility index (Phi) is 8.35. The molecule has 0 aliphatic heterocycles. The fourth-order valence-electron chi connectivity index (χ4n) is 12.0. The fraction of sp³-hybridized carbons (Fsp3) is 0.0625. The Morgan fingerprint density at radius 3 is 1.68 bits per heavy atom. The van der Waals surface area contributed by atoms with Crippen molar-refractivity contribution in [2.24, 2.45) is 0 Å². The van der Waals surface area contributed by atoms with Crippen LogP contribution in [0.25, 0.3) is 66.4 Å². The van der Waals surface area contributed by atoms with Gasteiger partial charge in [0.1, 0.15) is 0 Å². The van der Waals surface area contributed by atoms with Crippen molar-refractivity contribution in [2.75, 3.05) is 4.90 Å². The molecule has 0 radical (unpaired) electrons. The third kappa shape index (κ3) is 5.18. The second-order valence-electron chi connectivity index (χ2n) is 18.4. The first-order valence-corrected chi connectivity index (χ1v) is 23.1. The van der Waals surface area contributed by atoms with Crippen LogP contribution in [0.1, 0.15) is 47.2 Å². The second kappa shape index (κ2) is 14.4. The molecule has 0 N–H and O–H groups in total. The van der Waals surface area contributed by atoms with Gasteiger partial charge in [0.05, 0.1) is 22.1 Å². The van der Waals surface area contributed by atoms with Crippen molar-refractivity contribution in [3.63, 3.8) is 0 Å². The summed E-state index contributed by atoms with van der Waals surface area (Å²) in [4.78, 5) is 2.59. The highest BCUT2D eigenvalue weighted by molar-refractivity contribution is 6.16. The minimum atomic E-state index is -0.619. The van der Waals surface area contributed by atoms with Crippen LogP contribution < -0.4 is 4.90 Å². The molecule has 10 aromatic rings. The lowest BCUT2D eigenvalue weighted by atomic mass is 9.71. The largest absolute Gasteiger partial charge is 0.312 e. The quantitative estimate of drug-likeness (QED) is 0.145. The predicted octanol–water partition coefficient (Wildman–Crippen LogP) is 16.4. The van der Waals surface area contributed by atoms with Crippen molar-refractivity contribution in [3.05, 3.63) is 276 Å². The van der Waals surface area contributed by atoms with Crippen molar-refractivity contribution in [1.82, 2.24) is 4.57 Å². The number of para-hydroxylation sites is 2. The normalized spacial score (nSPS) is 14.7. The lowest BCUT2D eigenvalue weighted by Crippen LogP contribution is -2.36. The molecule has 0 unspecified atom stereocenters. The van der Waals surface area contributed by atoms with Crippen LogP contribution in [0.15, 0.2) is 243 Å². The van der Waals surface area contributed by atoms with Gasteiger partial charge in [-0.3, -0.25) is 0 Å². The van der Waals surface area contributed by atoms with E-state index in [1.165, 1.54) is 99.8 Å². The Morgan fingerprint density at radius 1 is 0.455 bits per heavy atom. The molecular formula is C64H46N2. The first-order chi connectivity index (χ1) is 32.5. The zero-order valence-electron chi connectivity index (χ0n) is 37.0. The van der Waals surface area contributed by atoms with Gasteiger partial charge >= 0.3 is 0 Å². The fourth-order valence-corrected chi connectivity index (χ4v) is 12.0. The summed E-state index contributed by atoms with van der Waals surface area (Å²) >= 11 is 0. The first kappa shape index (κ1) is 38.3. The van der Waals surface area contributed by atoms with Gasteiger partial charge in [-0.2, -0.15) is 0 Å². The van der Waals surface area contributed by atoms with Crippen molar-refractivity contribution in [3.8, 4) is 39.1 Å². The molecule has 13 rings (SSSR count). The summed E-state index contributed by atoms with van der Waals surface area (Å²) in [5.41, 5.74) is 22.8. The van der Waals surface area contributed by atoms with E-state index in [2.05, 4.69) is 254 Å². The molecule has 1 heterocycles. The average Bonchev–Trinajstić information content (AvgIpc) is 4.04. The number of anilines is 2. The van der Waals surface area contributed by atoms with E-state index in [4.69, 9.17) is 0 Å². The number of aromatic nitrogens is 1. The summed E-state index contributed by atoms with van der Waals surface area (Å²) < 4.78 is 2.40. The van der Waals surface area contributed by atoms with E-state index < -0.39 is 5.41 Å². The van der Waals surface area contributed by atoms with Gasteiger partial charge in [0, 0.05) is 38.8 Å². The van der Waals surface area contributed by atoms with Crippen LogP contribution in [0.3, 0.4) is 0 Å². The van der Waals surface area contributed by atoms with Crippen LogP contribution in [-0.4, -0.2) is 4.57 Å². The summed E-state index contributed by atoms with van der Waals surface area (Å²) in [5, 5.41) is 2.50. The minimum Gasteiger partial charge on any atom is -0.312 e. The highest BCUT2D eigenvalue weighted by Crippen LogP contribution is 2.64. The lowest BCUT2D eigenvalue weighted by molar-refractivity contribution is 0.660. The summed E-state index contributed by atoms with van der Waals surface area (Å²) in [7, 11) is 0. The van der Waals surface area contributed by atoms with Crippen LogP contribution in [0, 0.1) is 0 Å². The zero-order valence-corrected chi connectivity index (χ0v) is 37.0. The number of allylic oxidation sites excluding steroid dienone is 5. The van der Waals surface area contributed by atoms with E-state index in [0.717, 1.165) is 17.1 Å². The molecule has 1 aromatic heterocycles. The summed E-state index contributed by atoms with van der Waals surface area (Å²) in [6, 6.07) is 79.0. The molecule has 3 aliphatic carbocycles. The number of hydrogen-bond acceptors (Lipinski definition) is 1. The van der Waals surface area contributed by atoms with Crippen molar-refractivity contribution >= 4 is 38.8 Å². The van der Waals surface area contributed by atoms with E-state index in [9.17, 15) is 0 Å². The van der Waals surface area contributed by atoms with Crippen molar-refractivity contribution in [1.29, 1.82) is 0 Å². The molecule has 0 saturated heterocycles. The standard InChI is InChI=1S/C64H46N2/c1-4-5-22-52-50-26-12-17-32-57(50)64(55-30-15-10-24-48(55)49-25-11-16-31-56(49)64)62(52)65(45-39-40-51-47-23-9-14-29-54(47)63(2,3)58(51)41-45)44-37-35-42(36-38-44)46-28-19-34-60-61(46)53-27-13-18-33-59(53)66(60)43-20-7-6-8-21-43/h4-41H,1H2,2-3H3/b22-5-. The van der Waals surface area contributed by atoms with Crippen LogP contribution >= 0.6 is 0 Å². The molecule has 312 valence electrons. The second-order valence-corrected chi connectivity index (χ2v) is 18.4. The van der Waals surface area contributed by atoms with Gasteiger partial charge in [0.2, 0.25) is 0 Å². The smallest absolute Gasteiger partial charge is 0.0881 e. The van der Waals surface area contributed by atoms with Gasteiger partial charge in [0.25, 0.3) is 0 Å². The third-order valence-electron chi connectivity index (χ3n) is 14.8. The lowest BCUT2D eigenvalue weighted by Gasteiger charge is -2.40. The molecule has 2 heteroatoms. The molecule has 0 saturated carbocycles. The van der Waals surface area contributed by atoms with E-state index in [1.807, 2.05) is 6.08 Å². The maximum Gasteiger partial charge on any atom is 0.0881 e. The SMILES string of the molecule is C=C/C=C\C1=C(N(c2ccc(-c3cccc4c3c3ccccc3n4-c3ccccc3)cc2)c2ccc3c(c2)C(C)(C)c2ccccc2-3)C2(c3ccccc31)c1ccccc1-c1ccccc12. The number of rotatable bonds is 7. The molecule has 3 aliphatic rings. The number of nitrogens with zero attached hydrogens (tertiary/aromatic N) is 2. The highest BCUT2D eigenvalue weighted by Gasteiger charge is 2.55. The molecule has 1 spiro atoms. The Bertz CT molecular complexity index is 3640. The highest BCUT2D eigenvalue weighted by atomic mass is 15.2. The van der Waals surface area contributed by atoms with Gasteiger partial charge < -0.3 is 9.47 Å². The van der Waals surface area contributed by atoms with Gasteiger partial charge in [-0.15, -0.1) is 0 Å². The molecule has 0 bridgehead atoms. The van der Waals surface area contributed by atoms with Crippen LogP contribution in [0.5, 0.6) is 0 Å². The van der Waals surface area contributed by atoms with Gasteiger partial charge in [-0.1, -0.05) is 202 Å². The van der Waals surface area contributed by atoms with Crippen molar-refractivity contribution in [2.45, 2.75) is 24.7 Å². The summed E-state index contributed by atoms with van der Waals surface area (Å²) in [6.45, 7) is 8.93. The topological polar surface area (TPSA) is 8.17 Å². The Morgan fingerprint density at radius 2 is 0.985 bits per heavy atom. The monoisotopic (exact) mass is 842 g/mol. The number of fused-ring (bicyclic) bond motifs is 13. The molecule has 9 aromatic carbocycles. The van der Waals surface area contributed by atoms with Crippen LogP contribution in [0.4, 0.5) is 11.4 Å². The van der Waals surface area contributed by atoms with E-state index >= 15 is 0 Å². The van der Waals surface area contributed by atoms with Gasteiger partial charge in [-0.25, -0.2) is 0 Å². The maximum atomic E-state index is 4.17. The van der Waals surface area contributed by atoms with Gasteiger partial charge in [0.15, 0.2) is 0 Å². The zero-order chi connectivity index (χ0) is 44.1. The van der Waals surface area contributed by atoms with Crippen LogP contribution in [-0.2, 0) is 10.8 Å². The average molecular weight is 843 g/mol. The minimum absolute atomic E-state index is 0.183. The van der Waals surface area contributed by atoms with Crippen LogP contribution in [0.2, 0.25) is 0 Å². The molecule has 2 nitrogen and oxygen atoms in total. The number of hydrogen-bond donors (Lipinski definition) is 0. The summed E-state index contributed by atoms with van der Waals surface area (Å²) in [5.74, 6) is 0. The molecule has 0 amide bonds.